The second kappa shape index (κ2) is 5.21. The van der Waals surface area contributed by atoms with Crippen LogP contribution >= 0.6 is 11.3 Å². The number of hydrogen-bond acceptors (Lipinski definition) is 5. The molecule has 0 bridgehead atoms. The second-order valence-corrected chi connectivity index (χ2v) is 7.56. The van der Waals surface area contributed by atoms with E-state index in [1.165, 1.54) is 0 Å². The zero-order valence-corrected chi connectivity index (χ0v) is 13.8. The Labute approximate surface area is 129 Å². The van der Waals surface area contributed by atoms with Gasteiger partial charge in [0, 0.05) is 6.61 Å². The van der Waals surface area contributed by atoms with Crippen molar-refractivity contribution in [3.05, 3.63) is 17.3 Å². The van der Waals surface area contributed by atoms with Crippen LogP contribution in [-0.4, -0.2) is 16.6 Å². The number of ether oxygens (including phenoxy) is 1. The Morgan fingerprint density at radius 1 is 1.24 bits per heavy atom. The zero-order chi connectivity index (χ0) is 15.1. The Balaban J connectivity index is 2.03. The first-order valence-electron chi connectivity index (χ1n) is 7.61. The van der Waals surface area contributed by atoms with Gasteiger partial charge < -0.3 is 10.5 Å². The van der Waals surface area contributed by atoms with Gasteiger partial charge in [0.15, 0.2) is 5.82 Å². The molecule has 2 aromatic heterocycles. The third-order valence-corrected chi connectivity index (χ3v) is 5.40. The van der Waals surface area contributed by atoms with E-state index in [9.17, 15) is 0 Å². The molecule has 2 aromatic rings. The monoisotopic (exact) mass is 305 g/mol. The molecule has 0 radical (unpaired) electrons. The van der Waals surface area contributed by atoms with Crippen LogP contribution in [0.5, 0.6) is 0 Å². The third-order valence-electron chi connectivity index (χ3n) is 4.59. The first kappa shape index (κ1) is 14.7. The fourth-order valence-corrected chi connectivity index (χ4v) is 3.89. The van der Waals surface area contributed by atoms with Gasteiger partial charge in [-0.25, -0.2) is 9.97 Å². The van der Waals surface area contributed by atoms with Crippen LogP contribution in [0.25, 0.3) is 10.2 Å². The molecule has 4 nitrogen and oxygen atoms in total. The molecule has 0 spiro atoms. The molecule has 0 aliphatic heterocycles. The van der Waals surface area contributed by atoms with Crippen molar-refractivity contribution in [1.82, 2.24) is 9.97 Å². The van der Waals surface area contributed by atoms with Crippen molar-refractivity contribution in [2.45, 2.75) is 52.1 Å². The number of hydrogen-bond donors (Lipinski definition) is 1. The minimum atomic E-state index is -0.365. The van der Waals surface area contributed by atoms with E-state index in [1.54, 1.807) is 11.3 Å². The molecule has 21 heavy (non-hydrogen) atoms. The summed E-state index contributed by atoms with van der Waals surface area (Å²) < 4.78 is 6.15. The van der Waals surface area contributed by atoms with Gasteiger partial charge >= 0.3 is 0 Å². The average molecular weight is 305 g/mol. The SMILES string of the molecule is CCOC1(c2nc(N)c3ccsc3n2)CCC(C)(C)CC1. The largest absolute Gasteiger partial charge is 0.383 e. The highest BCUT2D eigenvalue weighted by molar-refractivity contribution is 7.16. The lowest BCUT2D eigenvalue weighted by Gasteiger charge is -2.42. The number of anilines is 1. The van der Waals surface area contributed by atoms with E-state index in [1.807, 2.05) is 18.4 Å². The predicted molar refractivity (Wildman–Crippen MR) is 87.4 cm³/mol. The normalized spacial score (nSPS) is 20.7. The molecule has 0 aromatic carbocycles. The Bertz CT molecular complexity index is 640. The number of thiophene rings is 1. The lowest BCUT2D eigenvalue weighted by molar-refractivity contribution is -0.0944. The molecule has 0 amide bonds. The van der Waals surface area contributed by atoms with Gasteiger partial charge in [0.05, 0.1) is 5.39 Å². The molecule has 5 heteroatoms. The van der Waals surface area contributed by atoms with Crippen LogP contribution in [0.4, 0.5) is 5.82 Å². The van der Waals surface area contributed by atoms with Gasteiger partial charge in [0.1, 0.15) is 16.2 Å². The number of nitrogens with two attached hydrogens (primary N) is 1. The van der Waals surface area contributed by atoms with Crippen LogP contribution in [0, 0.1) is 5.41 Å². The number of aromatic nitrogens is 2. The number of nitrogen functional groups attached to an aromatic ring is 1. The summed E-state index contributed by atoms with van der Waals surface area (Å²) in [6.07, 6.45) is 4.17. The molecule has 1 saturated carbocycles. The lowest BCUT2D eigenvalue weighted by atomic mass is 9.70. The van der Waals surface area contributed by atoms with Gasteiger partial charge in [-0.2, -0.15) is 0 Å². The topological polar surface area (TPSA) is 61.0 Å². The molecule has 0 atom stereocenters. The summed E-state index contributed by atoms with van der Waals surface area (Å²) in [5.41, 5.74) is 6.13. The van der Waals surface area contributed by atoms with E-state index >= 15 is 0 Å². The van der Waals surface area contributed by atoms with E-state index < -0.39 is 0 Å². The Morgan fingerprint density at radius 2 is 1.95 bits per heavy atom. The highest BCUT2D eigenvalue weighted by Gasteiger charge is 2.42. The first-order chi connectivity index (χ1) is 9.96. The predicted octanol–water partition coefficient (Wildman–Crippen LogP) is 4.11. The standard InChI is InChI=1S/C16H23N3OS/c1-4-20-16(8-6-15(2,3)7-9-16)14-18-12(17)11-5-10-21-13(11)19-14/h5,10H,4,6-9H2,1-3H3,(H2,17,18,19). The first-order valence-corrected chi connectivity index (χ1v) is 8.49. The number of rotatable bonds is 3. The summed E-state index contributed by atoms with van der Waals surface area (Å²) in [7, 11) is 0. The van der Waals surface area contributed by atoms with Crippen LogP contribution in [0.2, 0.25) is 0 Å². The molecular weight excluding hydrogens is 282 g/mol. The summed E-state index contributed by atoms with van der Waals surface area (Å²) in [5, 5.41) is 2.96. The highest BCUT2D eigenvalue weighted by atomic mass is 32.1. The van der Waals surface area contributed by atoms with E-state index in [-0.39, 0.29) is 5.60 Å². The molecule has 0 unspecified atom stereocenters. The van der Waals surface area contributed by atoms with Crippen molar-refractivity contribution in [1.29, 1.82) is 0 Å². The summed E-state index contributed by atoms with van der Waals surface area (Å²) >= 11 is 1.61. The van der Waals surface area contributed by atoms with E-state index in [0.717, 1.165) is 41.7 Å². The van der Waals surface area contributed by atoms with E-state index in [0.29, 0.717) is 17.8 Å². The van der Waals surface area contributed by atoms with Gasteiger partial charge in [0.25, 0.3) is 0 Å². The van der Waals surface area contributed by atoms with Crippen LogP contribution in [0.3, 0.4) is 0 Å². The van der Waals surface area contributed by atoms with Gasteiger partial charge in [-0.3, -0.25) is 0 Å². The maximum absolute atomic E-state index is 6.15. The number of nitrogens with zero attached hydrogens (tertiary/aromatic N) is 2. The van der Waals surface area contributed by atoms with Crippen molar-refractivity contribution in [2.24, 2.45) is 5.41 Å². The fraction of sp³-hybridized carbons (Fsp3) is 0.625. The molecule has 3 rings (SSSR count). The molecule has 2 N–H and O–H groups in total. The molecule has 1 aliphatic rings. The number of fused-ring (bicyclic) bond motifs is 1. The van der Waals surface area contributed by atoms with Crippen molar-refractivity contribution in [3.63, 3.8) is 0 Å². The molecule has 1 aliphatic carbocycles. The summed E-state index contributed by atoms with van der Waals surface area (Å²) in [6.45, 7) is 7.35. The maximum atomic E-state index is 6.15. The van der Waals surface area contributed by atoms with Gasteiger partial charge in [-0.05, 0) is 49.5 Å². The minimum absolute atomic E-state index is 0.365. The van der Waals surface area contributed by atoms with Crippen molar-refractivity contribution in [3.8, 4) is 0 Å². The second-order valence-electron chi connectivity index (χ2n) is 6.66. The van der Waals surface area contributed by atoms with Crippen molar-refractivity contribution < 1.29 is 4.74 Å². The summed E-state index contributed by atoms with van der Waals surface area (Å²) in [5.74, 6) is 1.34. The minimum Gasteiger partial charge on any atom is -0.383 e. The van der Waals surface area contributed by atoms with Gasteiger partial charge in [-0.15, -0.1) is 11.3 Å². The smallest absolute Gasteiger partial charge is 0.164 e. The highest BCUT2D eigenvalue weighted by Crippen LogP contribution is 2.47. The molecule has 114 valence electrons. The van der Waals surface area contributed by atoms with Crippen LogP contribution in [-0.2, 0) is 10.3 Å². The Kier molecular flexibility index (Phi) is 3.66. The molecular formula is C16H23N3OS. The Hall–Kier alpha value is -1.20. The van der Waals surface area contributed by atoms with Gasteiger partial charge in [-0.1, -0.05) is 13.8 Å². The fourth-order valence-electron chi connectivity index (χ4n) is 3.12. The average Bonchev–Trinajstić information content (AvgIpc) is 2.91. The third kappa shape index (κ3) is 2.64. The summed E-state index contributed by atoms with van der Waals surface area (Å²) in [6, 6.07) is 1.98. The van der Waals surface area contributed by atoms with Crippen molar-refractivity contribution >= 4 is 27.4 Å². The lowest BCUT2D eigenvalue weighted by Crippen LogP contribution is -2.39. The van der Waals surface area contributed by atoms with E-state index in [4.69, 9.17) is 15.5 Å². The van der Waals surface area contributed by atoms with Crippen LogP contribution < -0.4 is 5.73 Å². The Morgan fingerprint density at radius 3 is 2.62 bits per heavy atom. The molecule has 2 heterocycles. The van der Waals surface area contributed by atoms with Gasteiger partial charge in [0.2, 0.25) is 0 Å². The van der Waals surface area contributed by atoms with Crippen LogP contribution in [0.1, 0.15) is 52.3 Å². The van der Waals surface area contributed by atoms with E-state index in [2.05, 4.69) is 18.8 Å². The molecule has 1 fully saturated rings. The van der Waals surface area contributed by atoms with Crippen LogP contribution in [0.15, 0.2) is 11.4 Å². The molecule has 0 saturated heterocycles. The maximum Gasteiger partial charge on any atom is 0.164 e. The zero-order valence-electron chi connectivity index (χ0n) is 13.0. The summed E-state index contributed by atoms with van der Waals surface area (Å²) in [4.78, 5) is 10.3. The quantitative estimate of drug-likeness (QED) is 0.927. The van der Waals surface area contributed by atoms with Crippen molar-refractivity contribution in [2.75, 3.05) is 12.3 Å².